The minimum atomic E-state index is -4.62. The number of carbonyl (C=O) groups excluding carboxylic acids is 2. The number of carbonyl (C=O) groups is 2. The van der Waals surface area contributed by atoms with Gasteiger partial charge in [0.1, 0.15) is 17.1 Å². The lowest BCUT2D eigenvalue weighted by Gasteiger charge is -2.12. The van der Waals surface area contributed by atoms with Crippen LogP contribution in [0.15, 0.2) is 60.7 Å². The van der Waals surface area contributed by atoms with Gasteiger partial charge in [0.2, 0.25) is 10.0 Å². The van der Waals surface area contributed by atoms with Gasteiger partial charge in [-0.05, 0) is 36.4 Å². The number of benzene rings is 3. The maximum absolute atomic E-state index is 12.7. The van der Waals surface area contributed by atoms with Crippen molar-refractivity contribution in [1.82, 2.24) is 15.0 Å². The maximum atomic E-state index is 12.7. The maximum Gasteiger partial charge on any atom is 0.416 e. The molecule has 0 saturated heterocycles. The average Bonchev–Trinajstić information content (AvgIpc) is 3.36. The highest BCUT2D eigenvalue weighted by Gasteiger charge is 2.31. The molecule has 4 rings (SSSR count). The molecule has 0 unspecified atom stereocenters. The fourth-order valence-corrected chi connectivity index (χ4v) is 4.88. The Kier molecular flexibility index (Phi) is 10.2. The number of anilines is 1. The average molecular weight is 660 g/mol. The predicted molar refractivity (Wildman–Crippen MR) is 154 cm³/mol. The molecule has 1 aromatic heterocycles. The molecule has 4 aromatic rings. The summed E-state index contributed by atoms with van der Waals surface area (Å²) in [6, 6.07) is 12.8. The van der Waals surface area contributed by atoms with Crippen molar-refractivity contribution in [2.75, 3.05) is 25.3 Å². The fourth-order valence-electron chi connectivity index (χ4n) is 3.29. The highest BCUT2D eigenvalue weighted by molar-refractivity contribution is 7.89. The number of urea groups is 1. The molecule has 3 aromatic carbocycles. The fraction of sp³-hybridized carbons (Fsp3) is 0.160. The summed E-state index contributed by atoms with van der Waals surface area (Å²) in [4.78, 5) is 39.4. The van der Waals surface area contributed by atoms with Crippen molar-refractivity contribution in [3.63, 3.8) is 0 Å². The number of aromatic nitrogens is 1. The third kappa shape index (κ3) is 8.76. The number of nitrogens with one attached hydrogen (secondary N) is 2. The van der Waals surface area contributed by atoms with Crippen molar-refractivity contribution in [1.29, 1.82) is 0 Å². The molecular weight excluding hydrogens is 639 g/mol. The Morgan fingerprint density at radius 2 is 1.79 bits per heavy atom. The number of thiazole rings is 1. The quantitative estimate of drug-likeness (QED) is 0.193. The van der Waals surface area contributed by atoms with Gasteiger partial charge in [0.15, 0.2) is 5.13 Å². The molecule has 3 amide bonds. The molecule has 12 nitrogen and oxygen atoms in total. The van der Waals surface area contributed by atoms with Crippen LogP contribution in [0.2, 0.25) is 5.02 Å². The predicted octanol–water partition coefficient (Wildman–Crippen LogP) is 5.82. The third-order valence-corrected chi connectivity index (χ3v) is 7.23. The van der Waals surface area contributed by atoms with Crippen LogP contribution in [-0.4, -0.2) is 50.6 Å². The van der Waals surface area contributed by atoms with Gasteiger partial charge in [-0.25, -0.2) is 22.9 Å². The number of nitro benzene ring substituents is 1. The van der Waals surface area contributed by atoms with E-state index in [2.05, 4.69) is 10.3 Å². The summed E-state index contributed by atoms with van der Waals surface area (Å²) in [5.74, 6) is -1.68. The van der Waals surface area contributed by atoms with Crippen LogP contribution in [0.4, 0.5) is 28.8 Å². The summed E-state index contributed by atoms with van der Waals surface area (Å²) in [6.45, 7) is 0. The number of amides is 3. The first-order valence-electron chi connectivity index (χ1n) is 11.7. The molecule has 0 bridgehead atoms. The van der Waals surface area contributed by atoms with Crippen LogP contribution < -0.4 is 19.7 Å². The monoisotopic (exact) mass is 659 g/mol. The molecule has 0 atom stereocenters. The Hall–Kier alpha value is -4.48. The molecule has 0 aliphatic rings. The van der Waals surface area contributed by atoms with Gasteiger partial charge >= 0.3 is 12.2 Å². The van der Waals surface area contributed by atoms with E-state index in [1.54, 1.807) is 18.8 Å². The van der Waals surface area contributed by atoms with Crippen molar-refractivity contribution in [2.45, 2.75) is 6.18 Å². The Morgan fingerprint density at radius 1 is 1.12 bits per heavy atom. The minimum Gasteiger partial charge on any atom is -0.456 e. The molecule has 0 radical (unpaired) electrons. The topological polar surface area (TPSA) is 161 Å². The smallest absolute Gasteiger partial charge is 0.416 e. The Morgan fingerprint density at radius 3 is 2.35 bits per heavy atom. The largest absolute Gasteiger partial charge is 0.456 e. The molecule has 0 aliphatic heterocycles. The van der Waals surface area contributed by atoms with Crippen LogP contribution in [0.25, 0.3) is 10.2 Å². The summed E-state index contributed by atoms with van der Waals surface area (Å²) in [6.07, 6.45) is -3.94. The second-order valence-electron chi connectivity index (χ2n) is 8.46. The third-order valence-electron chi connectivity index (χ3n) is 5.26. The zero-order valence-corrected chi connectivity index (χ0v) is 24.7. The van der Waals surface area contributed by atoms with Gasteiger partial charge in [-0.1, -0.05) is 35.1 Å². The summed E-state index contributed by atoms with van der Waals surface area (Å²) in [7, 11) is -0.694. The van der Waals surface area contributed by atoms with Crippen LogP contribution in [0, 0.1) is 10.1 Å². The zero-order valence-electron chi connectivity index (χ0n) is 22.3. The van der Waals surface area contributed by atoms with E-state index in [-0.39, 0.29) is 17.5 Å². The molecule has 228 valence electrons. The number of nitrogens with zero attached hydrogens (tertiary/aromatic N) is 3. The van der Waals surface area contributed by atoms with Gasteiger partial charge in [0.25, 0.3) is 11.6 Å². The number of nitro groups is 1. The number of ether oxygens (including phenoxy) is 1. The standard InChI is InChI=1S/C15H10ClF3N2O6S.C10H11N3OS/c1-28(25,26)20-14(22)10-7-9(3-4-12(10)21(23)24)27-13-5-2-8(6-11(13)16)15(17,18)19;1-11-9(14)13(2)10-12-7-5-3-4-6-8(7)15-10/h2-7H,1H3,(H,20,22);3-6H,1-2H3,(H,11,14). The number of hydrogen-bond donors (Lipinski definition) is 2. The molecule has 43 heavy (non-hydrogen) atoms. The van der Waals surface area contributed by atoms with Gasteiger partial charge < -0.3 is 10.1 Å². The first kappa shape index (κ1) is 33.0. The second kappa shape index (κ2) is 13.2. The number of hydrogen-bond acceptors (Lipinski definition) is 9. The summed E-state index contributed by atoms with van der Waals surface area (Å²) >= 11 is 7.27. The second-order valence-corrected chi connectivity index (χ2v) is 11.6. The van der Waals surface area contributed by atoms with E-state index < -0.39 is 48.9 Å². The van der Waals surface area contributed by atoms with Gasteiger partial charge in [-0.2, -0.15) is 13.2 Å². The van der Waals surface area contributed by atoms with Crippen LogP contribution in [0.1, 0.15) is 15.9 Å². The molecular formula is C25H21ClF3N5O7S2. The van der Waals surface area contributed by atoms with Gasteiger partial charge in [0, 0.05) is 26.2 Å². The Bertz CT molecular complexity index is 1770. The number of para-hydroxylation sites is 1. The van der Waals surface area contributed by atoms with Crippen molar-refractivity contribution in [3.8, 4) is 11.5 Å². The lowest BCUT2D eigenvalue weighted by Crippen LogP contribution is -2.34. The number of halogens is 4. The van der Waals surface area contributed by atoms with E-state index in [0.717, 1.165) is 34.5 Å². The minimum absolute atomic E-state index is 0.158. The van der Waals surface area contributed by atoms with Crippen molar-refractivity contribution >= 4 is 65.9 Å². The van der Waals surface area contributed by atoms with E-state index in [0.29, 0.717) is 23.5 Å². The number of fused-ring (bicyclic) bond motifs is 1. The first-order chi connectivity index (χ1) is 20.0. The van der Waals surface area contributed by atoms with Gasteiger partial charge in [-0.15, -0.1) is 0 Å². The van der Waals surface area contributed by atoms with Crippen LogP contribution in [0.5, 0.6) is 11.5 Å². The summed E-state index contributed by atoms with van der Waals surface area (Å²) < 4.78 is 68.3. The molecule has 0 saturated carbocycles. The molecule has 2 N–H and O–H groups in total. The summed E-state index contributed by atoms with van der Waals surface area (Å²) in [5.41, 5.74) is -1.42. The molecule has 1 heterocycles. The van der Waals surface area contributed by atoms with E-state index in [9.17, 15) is 41.3 Å². The number of sulfonamides is 1. The Balaban J connectivity index is 0.000000282. The molecule has 18 heteroatoms. The van der Waals surface area contributed by atoms with Crippen LogP contribution in [-0.2, 0) is 16.2 Å². The van der Waals surface area contributed by atoms with Crippen molar-refractivity contribution in [3.05, 3.63) is 86.9 Å². The Labute approximate surface area is 251 Å². The van der Waals surface area contributed by atoms with E-state index >= 15 is 0 Å². The lowest BCUT2D eigenvalue weighted by molar-refractivity contribution is -0.385. The van der Waals surface area contributed by atoms with E-state index in [4.69, 9.17) is 16.3 Å². The van der Waals surface area contributed by atoms with E-state index in [1.807, 2.05) is 24.3 Å². The molecule has 0 spiro atoms. The highest BCUT2D eigenvalue weighted by Crippen LogP contribution is 2.37. The highest BCUT2D eigenvalue weighted by atomic mass is 35.5. The SMILES string of the molecule is CNC(=O)N(C)c1nc2ccccc2s1.CS(=O)(=O)NC(=O)c1cc(Oc2ccc(C(F)(F)F)cc2Cl)ccc1[N+](=O)[O-]. The van der Waals surface area contributed by atoms with Crippen LogP contribution >= 0.6 is 22.9 Å². The number of alkyl halides is 3. The van der Waals surface area contributed by atoms with Crippen molar-refractivity contribution < 1.29 is 40.8 Å². The first-order valence-corrected chi connectivity index (χ1v) is 14.7. The van der Waals surface area contributed by atoms with Crippen molar-refractivity contribution in [2.24, 2.45) is 0 Å². The molecule has 0 aliphatic carbocycles. The summed E-state index contributed by atoms with van der Waals surface area (Å²) in [5, 5.41) is 13.9. The van der Waals surface area contributed by atoms with Gasteiger partial charge in [-0.3, -0.25) is 19.8 Å². The van der Waals surface area contributed by atoms with E-state index in [1.165, 1.54) is 16.2 Å². The lowest BCUT2D eigenvalue weighted by atomic mass is 10.1. The van der Waals surface area contributed by atoms with Crippen LogP contribution in [0.3, 0.4) is 0 Å². The zero-order chi connectivity index (χ0) is 32.1. The van der Waals surface area contributed by atoms with Gasteiger partial charge in [0.05, 0.1) is 32.0 Å². The normalized spacial score (nSPS) is 11.2. The molecule has 0 fully saturated rings. The number of rotatable bonds is 6.